The summed E-state index contributed by atoms with van der Waals surface area (Å²) < 4.78 is 0. The third-order valence-corrected chi connectivity index (χ3v) is 2.66. The summed E-state index contributed by atoms with van der Waals surface area (Å²) in [6.45, 7) is 4.14. The Labute approximate surface area is 92.4 Å². The molecule has 0 saturated carbocycles. The lowest BCUT2D eigenvalue weighted by Crippen LogP contribution is -2.01. The van der Waals surface area contributed by atoms with Gasteiger partial charge in [0.05, 0.1) is 0 Å². The topological polar surface area (TPSA) is 0 Å². The normalized spacial score (nSPS) is 14.8. The number of benzene rings is 1. The first kappa shape index (κ1) is 10.0. The molecule has 0 fully saturated rings. The Hall–Kier alpha value is -1.50. The van der Waals surface area contributed by atoms with Gasteiger partial charge in [0.15, 0.2) is 0 Å². The summed E-state index contributed by atoms with van der Waals surface area (Å²) in [7, 11) is 5.65. The average molecular weight is 192 g/mol. The maximum Gasteiger partial charge on any atom is 0.113 e. The molecule has 1 aliphatic rings. The molecule has 0 N–H and O–H groups in total. The van der Waals surface area contributed by atoms with Crippen molar-refractivity contribution >= 4 is 18.9 Å². The average Bonchev–Trinajstić information content (AvgIpc) is 2.30. The lowest BCUT2D eigenvalue weighted by molar-refractivity contribution is 0.997. The third kappa shape index (κ3) is 2.30. The van der Waals surface area contributed by atoms with Crippen molar-refractivity contribution in [1.82, 2.24) is 0 Å². The second-order valence-corrected chi connectivity index (χ2v) is 3.76. The van der Waals surface area contributed by atoms with Gasteiger partial charge in [-0.2, -0.15) is 0 Å². The van der Waals surface area contributed by atoms with E-state index in [0.717, 1.165) is 29.4 Å². The summed E-state index contributed by atoms with van der Waals surface area (Å²) in [5.74, 6) is 0. The van der Waals surface area contributed by atoms with Gasteiger partial charge >= 0.3 is 0 Å². The lowest BCUT2D eigenvalue weighted by atomic mass is 9.90. The third-order valence-electron chi connectivity index (χ3n) is 2.66. The number of allylic oxidation sites excluding steroid dienone is 5. The van der Waals surface area contributed by atoms with Crippen LogP contribution in [0.25, 0.3) is 5.57 Å². The Morgan fingerprint density at radius 3 is 2.53 bits per heavy atom. The van der Waals surface area contributed by atoms with Gasteiger partial charge < -0.3 is 0 Å². The molecule has 15 heavy (non-hydrogen) atoms. The van der Waals surface area contributed by atoms with Crippen molar-refractivity contribution in [3.8, 4) is 0 Å². The van der Waals surface area contributed by atoms with E-state index in [2.05, 4.69) is 24.8 Å². The fourth-order valence-corrected chi connectivity index (χ4v) is 1.72. The van der Waals surface area contributed by atoms with Crippen LogP contribution in [-0.2, 0) is 0 Å². The highest BCUT2D eigenvalue weighted by molar-refractivity contribution is 6.32. The van der Waals surface area contributed by atoms with E-state index >= 15 is 0 Å². The second-order valence-electron chi connectivity index (χ2n) is 3.76. The van der Waals surface area contributed by atoms with Crippen LogP contribution in [0.15, 0.2) is 54.6 Å². The van der Waals surface area contributed by atoms with E-state index in [1.807, 2.05) is 24.3 Å². The van der Waals surface area contributed by atoms with Crippen LogP contribution in [0.2, 0.25) is 0 Å². The van der Waals surface area contributed by atoms with Gasteiger partial charge in [-0.25, -0.2) is 0 Å². The van der Waals surface area contributed by atoms with E-state index in [4.69, 9.17) is 7.85 Å². The van der Waals surface area contributed by atoms with Gasteiger partial charge in [0.2, 0.25) is 0 Å². The first-order chi connectivity index (χ1) is 7.27. The Morgan fingerprint density at radius 2 is 1.93 bits per heavy atom. The SMILES string of the molecule is [B]c1ccc(C(=C)C2=CC=CCC2)cc1. The van der Waals surface area contributed by atoms with Crippen molar-refractivity contribution in [3.05, 3.63) is 60.2 Å². The van der Waals surface area contributed by atoms with E-state index in [9.17, 15) is 0 Å². The molecule has 0 aliphatic heterocycles. The van der Waals surface area contributed by atoms with E-state index in [1.165, 1.54) is 5.57 Å². The van der Waals surface area contributed by atoms with Gasteiger partial charge in [0.1, 0.15) is 7.85 Å². The van der Waals surface area contributed by atoms with Gasteiger partial charge in [-0.3, -0.25) is 0 Å². The molecule has 0 nitrogen and oxygen atoms in total. The molecule has 2 rings (SSSR count). The van der Waals surface area contributed by atoms with Crippen LogP contribution in [0.3, 0.4) is 0 Å². The van der Waals surface area contributed by atoms with E-state index in [0.29, 0.717) is 0 Å². The van der Waals surface area contributed by atoms with Gasteiger partial charge in [-0.1, -0.05) is 54.5 Å². The summed E-state index contributed by atoms with van der Waals surface area (Å²) in [6, 6.07) is 7.88. The highest BCUT2D eigenvalue weighted by Crippen LogP contribution is 2.26. The van der Waals surface area contributed by atoms with Crippen molar-refractivity contribution in [3.63, 3.8) is 0 Å². The Balaban J connectivity index is 2.24. The molecular weight excluding hydrogens is 179 g/mol. The highest BCUT2D eigenvalue weighted by Gasteiger charge is 2.05. The molecule has 0 atom stereocenters. The molecule has 0 bridgehead atoms. The molecule has 0 unspecified atom stereocenters. The van der Waals surface area contributed by atoms with Crippen LogP contribution in [0.5, 0.6) is 0 Å². The predicted octanol–water partition coefficient (Wildman–Crippen LogP) is 2.77. The fourth-order valence-electron chi connectivity index (χ4n) is 1.72. The zero-order valence-corrected chi connectivity index (χ0v) is 8.74. The summed E-state index contributed by atoms with van der Waals surface area (Å²) in [6.07, 6.45) is 8.61. The molecule has 1 aromatic rings. The van der Waals surface area contributed by atoms with Gasteiger partial charge in [-0.05, 0) is 29.6 Å². The first-order valence-electron chi connectivity index (χ1n) is 5.18. The summed E-state index contributed by atoms with van der Waals surface area (Å²) >= 11 is 0. The minimum atomic E-state index is 0.795. The maximum absolute atomic E-state index is 5.65. The Kier molecular flexibility index (Phi) is 2.91. The van der Waals surface area contributed by atoms with Crippen molar-refractivity contribution in [2.45, 2.75) is 12.8 Å². The standard InChI is InChI=1S/C14H13B/c1-11(12-5-3-2-4-6-12)13-7-9-14(15)10-8-13/h2-3,5,7-10H,1,4,6H2. The quantitative estimate of drug-likeness (QED) is 0.632. The molecular formula is C14H13B. The minimum Gasteiger partial charge on any atom is -0.0966 e. The molecule has 0 aromatic heterocycles. The van der Waals surface area contributed by atoms with E-state index in [1.54, 1.807) is 0 Å². The van der Waals surface area contributed by atoms with Crippen LogP contribution in [0.1, 0.15) is 18.4 Å². The van der Waals surface area contributed by atoms with Crippen LogP contribution in [0.4, 0.5) is 0 Å². The van der Waals surface area contributed by atoms with Crippen LogP contribution in [-0.4, -0.2) is 7.85 Å². The summed E-state index contributed by atoms with van der Waals surface area (Å²) in [4.78, 5) is 0. The fraction of sp³-hybridized carbons (Fsp3) is 0.143. The van der Waals surface area contributed by atoms with Gasteiger partial charge in [-0.15, -0.1) is 0 Å². The molecule has 2 radical (unpaired) electrons. The lowest BCUT2D eigenvalue weighted by Gasteiger charge is -2.12. The Bertz CT molecular complexity index is 421. The van der Waals surface area contributed by atoms with Crippen molar-refractivity contribution < 1.29 is 0 Å². The second kappa shape index (κ2) is 4.35. The van der Waals surface area contributed by atoms with Crippen LogP contribution < -0.4 is 5.46 Å². The van der Waals surface area contributed by atoms with E-state index < -0.39 is 0 Å². The number of rotatable bonds is 2. The van der Waals surface area contributed by atoms with Gasteiger partial charge in [0, 0.05) is 0 Å². The largest absolute Gasteiger partial charge is 0.113 e. The smallest absolute Gasteiger partial charge is 0.0966 e. The minimum absolute atomic E-state index is 0.795. The number of hydrogen-bond acceptors (Lipinski definition) is 0. The monoisotopic (exact) mass is 192 g/mol. The molecule has 1 aromatic carbocycles. The molecule has 0 amide bonds. The first-order valence-corrected chi connectivity index (χ1v) is 5.18. The zero-order chi connectivity index (χ0) is 10.7. The van der Waals surface area contributed by atoms with Crippen LogP contribution in [0, 0.1) is 0 Å². The van der Waals surface area contributed by atoms with Gasteiger partial charge in [0.25, 0.3) is 0 Å². The molecule has 0 heterocycles. The van der Waals surface area contributed by atoms with Crippen LogP contribution >= 0.6 is 0 Å². The zero-order valence-electron chi connectivity index (χ0n) is 8.74. The van der Waals surface area contributed by atoms with Crippen molar-refractivity contribution in [2.75, 3.05) is 0 Å². The molecule has 72 valence electrons. The molecule has 1 heteroatoms. The molecule has 1 aliphatic carbocycles. The summed E-state index contributed by atoms with van der Waals surface area (Å²) in [5, 5.41) is 0. The highest BCUT2D eigenvalue weighted by atomic mass is 14.1. The number of hydrogen-bond donors (Lipinski definition) is 0. The molecule has 0 saturated heterocycles. The van der Waals surface area contributed by atoms with Crippen molar-refractivity contribution in [1.29, 1.82) is 0 Å². The molecule has 0 spiro atoms. The van der Waals surface area contributed by atoms with Crippen molar-refractivity contribution in [2.24, 2.45) is 0 Å². The summed E-state index contributed by atoms with van der Waals surface area (Å²) in [5.41, 5.74) is 4.39. The Morgan fingerprint density at radius 1 is 1.20 bits per heavy atom. The van der Waals surface area contributed by atoms with E-state index in [-0.39, 0.29) is 0 Å². The maximum atomic E-state index is 5.65. The predicted molar refractivity (Wildman–Crippen MR) is 67.3 cm³/mol.